The molecule has 7 heteroatoms. The van der Waals surface area contributed by atoms with Gasteiger partial charge in [0.2, 0.25) is 0 Å². The van der Waals surface area contributed by atoms with E-state index in [1.807, 2.05) is 13.8 Å². The Morgan fingerprint density at radius 3 is 2.07 bits per heavy atom. The minimum Gasteiger partial charge on any atom is -0.326 e. The number of hydrogen-bond donors (Lipinski definition) is 2. The van der Waals surface area contributed by atoms with Gasteiger partial charge in [-0.2, -0.15) is 8.78 Å². The maximum atomic E-state index is 11.9. The van der Waals surface area contributed by atoms with Gasteiger partial charge in [0.15, 0.2) is 0 Å². The second-order valence-corrected chi connectivity index (χ2v) is 5.13. The Labute approximate surface area is 89.3 Å². The molecule has 0 aliphatic carbocycles. The van der Waals surface area contributed by atoms with Gasteiger partial charge in [-0.25, -0.2) is 13.1 Å². The Kier molecular flexibility index (Phi) is 6.23. The summed E-state index contributed by atoms with van der Waals surface area (Å²) in [7, 11) is -4.51. The first-order valence-electron chi connectivity index (χ1n) is 4.87. The standard InChI is InChI=1S/C8H18F2N2O2S/c1-3-6(4-2)7(11)5-12-15(13,14)8(9)10/h6-8,12H,3-5,11H2,1-2H3. The summed E-state index contributed by atoms with van der Waals surface area (Å²) in [5, 5.41) is 0. The lowest BCUT2D eigenvalue weighted by atomic mass is 9.95. The maximum Gasteiger partial charge on any atom is 0.350 e. The van der Waals surface area contributed by atoms with E-state index in [4.69, 9.17) is 5.73 Å². The van der Waals surface area contributed by atoms with Crippen molar-refractivity contribution in [1.29, 1.82) is 0 Å². The van der Waals surface area contributed by atoms with Gasteiger partial charge in [0.25, 0.3) is 10.0 Å². The molecule has 0 heterocycles. The lowest BCUT2D eigenvalue weighted by Gasteiger charge is -2.21. The van der Waals surface area contributed by atoms with Crippen LogP contribution in [0.25, 0.3) is 0 Å². The van der Waals surface area contributed by atoms with Crippen LogP contribution < -0.4 is 10.5 Å². The molecule has 0 aromatic carbocycles. The van der Waals surface area contributed by atoms with Crippen molar-refractivity contribution in [2.45, 2.75) is 38.5 Å². The topological polar surface area (TPSA) is 72.2 Å². The van der Waals surface area contributed by atoms with Gasteiger partial charge in [0.05, 0.1) is 0 Å². The summed E-state index contributed by atoms with van der Waals surface area (Å²) in [5.74, 6) is -3.25. The molecule has 3 N–H and O–H groups in total. The van der Waals surface area contributed by atoms with Gasteiger partial charge in [-0.1, -0.05) is 26.7 Å². The van der Waals surface area contributed by atoms with E-state index in [1.165, 1.54) is 0 Å². The van der Waals surface area contributed by atoms with E-state index in [9.17, 15) is 17.2 Å². The highest BCUT2D eigenvalue weighted by Gasteiger charge is 2.25. The zero-order valence-electron chi connectivity index (χ0n) is 8.91. The molecular weight excluding hydrogens is 226 g/mol. The number of rotatable bonds is 7. The zero-order valence-corrected chi connectivity index (χ0v) is 9.73. The SMILES string of the molecule is CCC(CC)C(N)CNS(=O)(=O)C(F)F. The summed E-state index contributed by atoms with van der Waals surface area (Å²) in [6.45, 7) is 3.71. The highest BCUT2D eigenvalue weighted by atomic mass is 32.2. The van der Waals surface area contributed by atoms with E-state index >= 15 is 0 Å². The number of nitrogens with one attached hydrogen (secondary N) is 1. The largest absolute Gasteiger partial charge is 0.350 e. The first kappa shape index (κ1) is 14.7. The minimum atomic E-state index is -4.51. The van der Waals surface area contributed by atoms with Crippen LogP contribution in [0.2, 0.25) is 0 Å². The van der Waals surface area contributed by atoms with Crippen molar-refractivity contribution in [3.05, 3.63) is 0 Å². The molecule has 1 atom stereocenters. The maximum absolute atomic E-state index is 11.9. The van der Waals surface area contributed by atoms with Gasteiger partial charge in [0.1, 0.15) is 0 Å². The molecule has 0 spiro atoms. The van der Waals surface area contributed by atoms with Crippen LogP contribution in [-0.4, -0.2) is 26.8 Å². The monoisotopic (exact) mass is 244 g/mol. The third-order valence-electron chi connectivity index (χ3n) is 2.41. The fraction of sp³-hybridized carbons (Fsp3) is 1.00. The Morgan fingerprint density at radius 1 is 1.27 bits per heavy atom. The van der Waals surface area contributed by atoms with E-state index in [-0.39, 0.29) is 12.5 Å². The third kappa shape index (κ3) is 4.85. The Hall–Kier alpha value is -0.270. The van der Waals surface area contributed by atoms with Crippen molar-refractivity contribution in [2.75, 3.05) is 6.54 Å². The lowest BCUT2D eigenvalue weighted by molar-refractivity contribution is 0.231. The van der Waals surface area contributed by atoms with E-state index in [0.717, 1.165) is 12.8 Å². The van der Waals surface area contributed by atoms with Gasteiger partial charge < -0.3 is 5.73 Å². The molecule has 0 aliphatic rings. The fourth-order valence-corrected chi connectivity index (χ4v) is 1.89. The zero-order chi connectivity index (χ0) is 12.1. The number of hydrogen-bond acceptors (Lipinski definition) is 3. The van der Waals surface area contributed by atoms with E-state index < -0.39 is 21.8 Å². The lowest BCUT2D eigenvalue weighted by Crippen LogP contribution is -2.43. The molecule has 15 heavy (non-hydrogen) atoms. The van der Waals surface area contributed by atoms with Crippen LogP contribution in [0.4, 0.5) is 8.78 Å². The smallest absolute Gasteiger partial charge is 0.326 e. The molecule has 1 unspecified atom stereocenters. The number of sulfonamides is 1. The van der Waals surface area contributed by atoms with Gasteiger partial charge in [-0.15, -0.1) is 0 Å². The Balaban J connectivity index is 4.16. The molecule has 0 radical (unpaired) electrons. The molecule has 0 saturated heterocycles. The molecule has 0 bridgehead atoms. The van der Waals surface area contributed by atoms with Gasteiger partial charge >= 0.3 is 5.76 Å². The molecule has 0 rings (SSSR count). The Morgan fingerprint density at radius 2 is 1.73 bits per heavy atom. The molecule has 0 fully saturated rings. The van der Waals surface area contributed by atoms with Crippen LogP contribution >= 0.6 is 0 Å². The predicted molar refractivity (Wildman–Crippen MR) is 55.0 cm³/mol. The summed E-state index contributed by atoms with van der Waals surface area (Å²) >= 11 is 0. The summed E-state index contributed by atoms with van der Waals surface area (Å²) in [6.07, 6.45) is 1.60. The van der Waals surface area contributed by atoms with Crippen molar-refractivity contribution in [3.8, 4) is 0 Å². The molecule has 4 nitrogen and oxygen atoms in total. The minimum absolute atomic E-state index is 0.140. The molecule has 0 aromatic heterocycles. The normalized spacial score (nSPS) is 14.9. The highest BCUT2D eigenvalue weighted by molar-refractivity contribution is 7.89. The van der Waals surface area contributed by atoms with E-state index in [0.29, 0.717) is 0 Å². The van der Waals surface area contributed by atoms with Crippen LogP contribution in [0.3, 0.4) is 0 Å². The van der Waals surface area contributed by atoms with Crippen LogP contribution in [0.15, 0.2) is 0 Å². The third-order valence-corrected chi connectivity index (χ3v) is 3.45. The van der Waals surface area contributed by atoms with E-state index in [1.54, 1.807) is 4.72 Å². The number of alkyl halides is 2. The van der Waals surface area contributed by atoms with Crippen LogP contribution in [-0.2, 0) is 10.0 Å². The first-order chi connectivity index (χ1) is 6.85. The van der Waals surface area contributed by atoms with Crippen molar-refractivity contribution < 1.29 is 17.2 Å². The van der Waals surface area contributed by atoms with Crippen molar-refractivity contribution in [1.82, 2.24) is 4.72 Å². The van der Waals surface area contributed by atoms with Gasteiger partial charge in [0, 0.05) is 12.6 Å². The average Bonchev–Trinajstić information content (AvgIpc) is 2.16. The Bertz CT molecular complexity index is 266. The van der Waals surface area contributed by atoms with Crippen LogP contribution in [0.5, 0.6) is 0 Å². The summed E-state index contributed by atoms with van der Waals surface area (Å²) in [4.78, 5) is 0. The first-order valence-corrected chi connectivity index (χ1v) is 6.42. The highest BCUT2D eigenvalue weighted by Crippen LogP contribution is 2.11. The second-order valence-electron chi connectivity index (χ2n) is 3.39. The number of nitrogens with two attached hydrogens (primary N) is 1. The summed E-state index contributed by atoms with van der Waals surface area (Å²) in [6, 6.07) is -0.423. The molecule has 0 aliphatic heterocycles. The van der Waals surface area contributed by atoms with Crippen molar-refractivity contribution >= 4 is 10.0 Å². The molecule has 0 saturated carbocycles. The second kappa shape index (κ2) is 6.34. The average molecular weight is 244 g/mol. The molecular formula is C8H18F2N2O2S. The van der Waals surface area contributed by atoms with Crippen LogP contribution in [0, 0.1) is 5.92 Å². The molecule has 92 valence electrons. The van der Waals surface area contributed by atoms with Crippen LogP contribution in [0.1, 0.15) is 26.7 Å². The summed E-state index contributed by atoms with van der Waals surface area (Å²) in [5.41, 5.74) is 5.67. The predicted octanol–water partition coefficient (Wildman–Crippen LogP) is 0.892. The molecule has 0 aromatic rings. The summed E-state index contributed by atoms with van der Waals surface area (Å²) < 4.78 is 47.1. The molecule has 0 amide bonds. The van der Waals surface area contributed by atoms with Crippen molar-refractivity contribution in [3.63, 3.8) is 0 Å². The van der Waals surface area contributed by atoms with E-state index in [2.05, 4.69) is 0 Å². The van der Waals surface area contributed by atoms with Gasteiger partial charge in [-0.3, -0.25) is 0 Å². The van der Waals surface area contributed by atoms with Gasteiger partial charge in [-0.05, 0) is 5.92 Å². The quantitative estimate of drug-likeness (QED) is 0.698. The number of halogens is 2. The van der Waals surface area contributed by atoms with Crippen molar-refractivity contribution in [2.24, 2.45) is 11.7 Å². The fourth-order valence-electron chi connectivity index (χ4n) is 1.34.